The fourth-order valence-electron chi connectivity index (χ4n) is 5.45. The molecule has 2 aliphatic rings. The van der Waals surface area contributed by atoms with E-state index in [-0.39, 0.29) is 11.8 Å². The van der Waals surface area contributed by atoms with E-state index in [1.165, 1.54) is 6.92 Å². The summed E-state index contributed by atoms with van der Waals surface area (Å²) in [7, 11) is 2.00. The molecule has 1 fully saturated rings. The highest BCUT2D eigenvalue weighted by molar-refractivity contribution is 7.16. The third-order valence-electron chi connectivity index (χ3n) is 7.41. The summed E-state index contributed by atoms with van der Waals surface area (Å²) in [4.78, 5) is 26.5. The molecule has 1 saturated carbocycles. The number of nitrogens with two attached hydrogens (primary N) is 1. The van der Waals surface area contributed by atoms with Gasteiger partial charge in [0.1, 0.15) is 17.4 Å². The lowest BCUT2D eigenvalue weighted by Crippen LogP contribution is -2.44. The van der Waals surface area contributed by atoms with Crippen LogP contribution in [0.5, 0.6) is 5.75 Å². The van der Waals surface area contributed by atoms with Gasteiger partial charge in [-0.15, -0.1) is 0 Å². The fourth-order valence-corrected chi connectivity index (χ4v) is 5.60. The maximum Gasteiger partial charge on any atom is 0.249 e. The number of ether oxygens (including phenoxy) is 1. The SMILES string of the molecule is CC(=O)c1cccc(OC(F)P)c1[C@H]1CCc2nc3ccc(-c4cnc(C5(N)CCC5)nc4)cc3n21. The second-order valence-corrected chi connectivity index (χ2v) is 10.2. The van der Waals surface area contributed by atoms with E-state index in [2.05, 4.69) is 20.6 Å². The highest BCUT2D eigenvalue weighted by Crippen LogP contribution is 2.42. The second kappa shape index (κ2) is 8.71. The molecule has 0 radical (unpaired) electrons. The summed E-state index contributed by atoms with van der Waals surface area (Å²) in [6.07, 6.45) is 6.50. The number of aryl methyl sites for hydroxylation is 1. The third-order valence-corrected chi connectivity index (χ3v) is 7.55. The van der Waals surface area contributed by atoms with E-state index >= 15 is 0 Å². The number of benzene rings is 2. The zero-order valence-electron chi connectivity index (χ0n) is 19.9. The van der Waals surface area contributed by atoms with Crippen molar-refractivity contribution in [3.05, 3.63) is 71.6 Å². The Bertz CT molecular complexity index is 1480. The summed E-state index contributed by atoms with van der Waals surface area (Å²) < 4.78 is 21.5. The number of carbonyl (C=O) groups is 1. The number of alkyl halides is 1. The molecular formula is C27H27FN5O2P. The number of imidazole rings is 1. The molecule has 0 bridgehead atoms. The fraction of sp³-hybridized carbons (Fsp3) is 0.333. The Morgan fingerprint density at radius 2 is 2.00 bits per heavy atom. The highest BCUT2D eigenvalue weighted by Gasteiger charge is 2.37. The lowest BCUT2D eigenvalue weighted by atomic mass is 9.77. The molecule has 184 valence electrons. The van der Waals surface area contributed by atoms with E-state index in [1.54, 1.807) is 18.2 Å². The molecule has 7 nitrogen and oxygen atoms in total. The average Bonchev–Trinajstić information content (AvgIpc) is 3.41. The van der Waals surface area contributed by atoms with Gasteiger partial charge in [-0.25, -0.2) is 15.0 Å². The van der Waals surface area contributed by atoms with Gasteiger partial charge in [0.25, 0.3) is 0 Å². The lowest BCUT2D eigenvalue weighted by Gasteiger charge is -2.36. The average molecular weight is 504 g/mol. The van der Waals surface area contributed by atoms with Gasteiger partial charge in [0.15, 0.2) is 5.78 Å². The first-order chi connectivity index (χ1) is 17.3. The van der Waals surface area contributed by atoms with E-state index in [4.69, 9.17) is 15.5 Å². The summed E-state index contributed by atoms with van der Waals surface area (Å²) in [6.45, 7) is 1.52. The number of aromatic nitrogens is 4. The third kappa shape index (κ3) is 3.80. The number of ketones is 1. The molecule has 36 heavy (non-hydrogen) atoms. The van der Waals surface area contributed by atoms with Gasteiger partial charge in [-0.1, -0.05) is 27.4 Å². The topological polar surface area (TPSA) is 95.9 Å². The molecule has 0 amide bonds. The van der Waals surface area contributed by atoms with Crippen LogP contribution >= 0.6 is 9.24 Å². The number of fused-ring (bicyclic) bond motifs is 3. The molecule has 0 spiro atoms. The van der Waals surface area contributed by atoms with Crippen LogP contribution in [-0.4, -0.2) is 31.4 Å². The van der Waals surface area contributed by atoms with Gasteiger partial charge < -0.3 is 15.0 Å². The van der Waals surface area contributed by atoms with Crippen LogP contribution in [0.15, 0.2) is 48.8 Å². The van der Waals surface area contributed by atoms with Gasteiger partial charge in [0.2, 0.25) is 6.10 Å². The molecule has 1 aliphatic heterocycles. The number of halogens is 1. The van der Waals surface area contributed by atoms with E-state index in [1.807, 2.05) is 33.8 Å². The minimum Gasteiger partial charge on any atom is -0.457 e. The van der Waals surface area contributed by atoms with Crippen LogP contribution < -0.4 is 10.5 Å². The van der Waals surface area contributed by atoms with Crippen LogP contribution in [0.25, 0.3) is 22.2 Å². The van der Waals surface area contributed by atoms with Gasteiger partial charge in [-0.2, -0.15) is 4.39 Å². The Balaban J connectivity index is 1.44. The molecule has 6 rings (SSSR count). The van der Waals surface area contributed by atoms with Crippen molar-refractivity contribution in [2.45, 2.75) is 56.7 Å². The van der Waals surface area contributed by atoms with Gasteiger partial charge in [0.05, 0.1) is 22.6 Å². The van der Waals surface area contributed by atoms with Gasteiger partial charge >= 0.3 is 0 Å². The van der Waals surface area contributed by atoms with Crippen molar-refractivity contribution in [2.24, 2.45) is 5.73 Å². The van der Waals surface area contributed by atoms with E-state index < -0.39 is 11.6 Å². The number of hydrogen-bond acceptors (Lipinski definition) is 6. The Morgan fingerprint density at radius 3 is 2.67 bits per heavy atom. The Kier molecular flexibility index (Phi) is 5.61. The van der Waals surface area contributed by atoms with E-state index in [0.29, 0.717) is 22.7 Å². The monoisotopic (exact) mass is 503 g/mol. The van der Waals surface area contributed by atoms with Gasteiger partial charge in [0, 0.05) is 35.5 Å². The quantitative estimate of drug-likeness (QED) is 0.291. The molecule has 3 heterocycles. The van der Waals surface area contributed by atoms with Crippen LogP contribution in [-0.2, 0) is 12.0 Å². The first-order valence-corrected chi connectivity index (χ1v) is 12.8. The Hall–Kier alpha value is -3.22. The summed E-state index contributed by atoms with van der Waals surface area (Å²) in [5.41, 5.74) is 10.9. The molecule has 9 heteroatoms. The molecular weight excluding hydrogens is 476 g/mol. The Morgan fingerprint density at radius 1 is 1.22 bits per heavy atom. The molecule has 1 aliphatic carbocycles. The van der Waals surface area contributed by atoms with Crippen LogP contribution in [0.2, 0.25) is 0 Å². The van der Waals surface area contributed by atoms with E-state index in [9.17, 15) is 9.18 Å². The summed E-state index contributed by atoms with van der Waals surface area (Å²) in [6, 6.07) is 11.1. The predicted octanol–water partition coefficient (Wildman–Crippen LogP) is 5.08. The van der Waals surface area contributed by atoms with Crippen LogP contribution in [0.1, 0.15) is 66.2 Å². The van der Waals surface area contributed by atoms with Crippen LogP contribution in [0.4, 0.5) is 4.39 Å². The number of nitrogens with zero attached hydrogens (tertiary/aromatic N) is 4. The largest absolute Gasteiger partial charge is 0.457 e. The second-order valence-electron chi connectivity index (χ2n) is 9.70. The summed E-state index contributed by atoms with van der Waals surface area (Å²) in [5.74, 6) is 1.91. The molecule has 2 unspecified atom stereocenters. The standard InChI is InChI=1S/C27H27FN5O2P/c1-15(34)18-4-2-5-22(35-26(28)36)24(18)20-8-9-23-32-19-7-6-16(12-21(19)33(20)23)17-13-30-25(31-14-17)27(29)10-3-11-27/h2,4-7,12-14,20,26H,3,8-11,29,36H2,1H3/t20-,26?/m1/s1. The Labute approximate surface area is 210 Å². The van der Waals surface area contributed by atoms with Crippen molar-refractivity contribution in [1.82, 2.24) is 19.5 Å². The number of rotatable bonds is 6. The lowest BCUT2D eigenvalue weighted by molar-refractivity contribution is 0.101. The molecule has 2 N–H and O–H groups in total. The highest BCUT2D eigenvalue weighted by atomic mass is 31.0. The van der Waals surface area contributed by atoms with Crippen molar-refractivity contribution in [3.63, 3.8) is 0 Å². The smallest absolute Gasteiger partial charge is 0.249 e. The maximum absolute atomic E-state index is 13.9. The van der Waals surface area contributed by atoms with Gasteiger partial charge in [-0.3, -0.25) is 4.79 Å². The van der Waals surface area contributed by atoms with Crippen molar-refractivity contribution < 1.29 is 13.9 Å². The first kappa shape index (κ1) is 23.2. The van der Waals surface area contributed by atoms with Crippen molar-refractivity contribution in [2.75, 3.05) is 0 Å². The number of hydrogen-bond donors (Lipinski definition) is 1. The van der Waals surface area contributed by atoms with Crippen LogP contribution in [0.3, 0.4) is 0 Å². The number of carbonyl (C=O) groups excluding carboxylic acids is 1. The molecule has 3 atom stereocenters. The molecule has 2 aromatic carbocycles. The normalized spacial score (nSPS) is 19.1. The van der Waals surface area contributed by atoms with E-state index in [0.717, 1.165) is 60.1 Å². The van der Waals surface area contributed by atoms with Crippen LogP contribution in [0, 0.1) is 0 Å². The van der Waals surface area contributed by atoms with Gasteiger partial charge in [-0.05, 0) is 56.4 Å². The van der Waals surface area contributed by atoms with Crippen molar-refractivity contribution in [1.29, 1.82) is 0 Å². The van der Waals surface area contributed by atoms with Crippen molar-refractivity contribution >= 4 is 26.1 Å². The zero-order chi connectivity index (χ0) is 25.0. The zero-order valence-corrected chi connectivity index (χ0v) is 21.1. The first-order valence-electron chi connectivity index (χ1n) is 12.2. The summed E-state index contributed by atoms with van der Waals surface area (Å²) in [5, 5.41) is 0. The number of Topliss-reactive ketones (excluding diaryl/α,β-unsaturated/α-hetero) is 1. The maximum atomic E-state index is 13.9. The minimum absolute atomic E-state index is 0.0884. The predicted molar refractivity (Wildman–Crippen MR) is 139 cm³/mol. The summed E-state index contributed by atoms with van der Waals surface area (Å²) >= 11 is 0. The molecule has 0 saturated heterocycles. The minimum atomic E-state index is -1.58. The molecule has 4 aromatic rings. The van der Waals surface area contributed by atoms with Crippen molar-refractivity contribution in [3.8, 4) is 16.9 Å². The molecule has 2 aromatic heterocycles.